The van der Waals surface area contributed by atoms with Gasteiger partial charge in [-0.1, -0.05) is 17.7 Å². The molecule has 0 spiro atoms. The van der Waals surface area contributed by atoms with Crippen LogP contribution >= 0.6 is 34.2 Å². The molecule has 2 aromatic rings. The number of carbonyl (C=O) groups excluding carboxylic acids is 1. The molecule has 0 aliphatic heterocycles. The first-order valence-corrected chi connectivity index (χ1v) is 6.33. The summed E-state index contributed by atoms with van der Waals surface area (Å²) in [5.41, 5.74) is 0.532. The Bertz CT molecular complexity index is 555. The summed E-state index contributed by atoms with van der Waals surface area (Å²) in [6, 6.07) is 12.6. The summed E-state index contributed by atoms with van der Waals surface area (Å²) in [5.74, 6) is 1.26. The summed E-state index contributed by atoms with van der Waals surface area (Å²) in [4.78, 5) is 10.6. The quantitative estimate of drug-likeness (QED) is 0.594. The normalized spacial score (nSPS) is 10.0. The molecule has 0 aromatic heterocycles. The number of halogens is 2. The van der Waals surface area contributed by atoms with Gasteiger partial charge in [-0.05, 0) is 59.0 Å². The van der Waals surface area contributed by atoms with E-state index >= 15 is 0 Å². The Morgan fingerprint density at radius 3 is 2.65 bits per heavy atom. The van der Waals surface area contributed by atoms with E-state index in [1.54, 1.807) is 18.2 Å². The number of hydrogen-bond acceptors (Lipinski definition) is 2. The summed E-state index contributed by atoms with van der Waals surface area (Å²) in [6.07, 6.45) is 0.751. The predicted octanol–water partition coefficient (Wildman–Crippen LogP) is 4.55. The van der Waals surface area contributed by atoms with Crippen LogP contribution in [-0.4, -0.2) is 6.29 Å². The lowest BCUT2D eigenvalue weighted by Gasteiger charge is -2.08. The van der Waals surface area contributed by atoms with Crippen molar-refractivity contribution in [3.63, 3.8) is 0 Å². The zero-order chi connectivity index (χ0) is 12.3. The fraction of sp³-hybridized carbons (Fsp3) is 0. The van der Waals surface area contributed by atoms with E-state index in [-0.39, 0.29) is 0 Å². The van der Waals surface area contributed by atoms with Gasteiger partial charge in [0.05, 0.1) is 5.02 Å². The molecule has 0 radical (unpaired) electrons. The van der Waals surface area contributed by atoms with Gasteiger partial charge < -0.3 is 4.74 Å². The number of hydrogen-bond donors (Lipinski definition) is 0. The van der Waals surface area contributed by atoms with E-state index in [1.807, 2.05) is 24.3 Å². The summed E-state index contributed by atoms with van der Waals surface area (Å²) < 4.78 is 6.72. The second kappa shape index (κ2) is 5.51. The molecule has 0 atom stereocenters. The van der Waals surface area contributed by atoms with E-state index in [9.17, 15) is 4.79 Å². The van der Waals surface area contributed by atoms with Crippen LogP contribution in [0.2, 0.25) is 5.02 Å². The van der Waals surface area contributed by atoms with Crippen LogP contribution in [-0.2, 0) is 0 Å². The largest absolute Gasteiger partial charge is 0.456 e. The van der Waals surface area contributed by atoms with Gasteiger partial charge in [-0.3, -0.25) is 4.79 Å². The first-order chi connectivity index (χ1) is 8.19. The maximum absolute atomic E-state index is 10.6. The van der Waals surface area contributed by atoms with Gasteiger partial charge in [-0.15, -0.1) is 0 Å². The molecule has 2 rings (SSSR count). The number of aldehydes is 1. The molecular formula is C13H8ClIO2. The molecule has 0 saturated carbocycles. The molecule has 0 saturated heterocycles. The number of rotatable bonds is 3. The van der Waals surface area contributed by atoms with Crippen molar-refractivity contribution >= 4 is 40.5 Å². The first kappa shape index (κ1) is 12.4. The van der Waals surface area contributed by atoms with Gasteiger partial charge in [0.15, 0.2) is 0 Å². The standard InChI is InChI=1S/C13H8ClIO2/c14-12-6-9(8-16)4-5-13(12)17-11-3-1-2-10(15)7-11/h1-8H. The van der Waals surface area contributed by atoms with Crippen LogP contribution in [0.25, 0.3) is 0 Å². The SMILES string of the molecule is O=Cc1ccc(Oc2cccc(I)c2)c(Cl)c1. The summed E-state index contributed by atoms with van der Waals surface area (Å²) in [7, 11) is 0. The van der Waals surface area contributed by atoms with Gasteiger partial charge in [0.25, 0.3) is 0 Å². The van der Waals surface area contributed by atoms with E-state index < -0.39 is 0 Å². The Morgan fingerprint density at radius 2 is 2.00 bits per heavy atom. The molecule has 0 aliphatic carbocycles. The Kier molecular flexibility index (Phi) is 4.02. The Labute approximate surface area is 118 Å². The van der Waals surface area contributed by atoms with Gasteiger partial charge >= 0.3 is 0 Å². The average Bonchev–Trinajstić information content (AvgIpc) is 2.32. The van der Waals surface area contributed by atoms with Crippen LogP contribution in [0.15, 0.2) is 42.5 Å². The van der Waals surface area contributed by atoms with Crippen molar-refractivity contribution in [2.24, 2.45) is 0 Å². The van der Waals surface area contributed by atoms with E-state index in [0.717, 1.165) is 15.6 Å². The van der Waals surface area contributed by atoms with Crippen LogP contribution in [0.5, 0.6) is 11.5 Å². The van der Waals surface area contributed by atoms with Crippen LogP contribution in [0, 0.1) is 3.57 Å². The van der Waals surface area contributed by atoms with Crippen LogP contribution in [0.3, 0.4) is 0 Å². The van der Waals surface area contributed by atoms with Gasteiger partial charge in [0.2, 0.25) is 0 Å². The van der Waals surface area contributed by atoms with Gasteiger partial charge in [0.1, 0.15) is 17.8 Å². The highest BCUT2D eigenvalue weighted by molar-refractivity contribution is 14.1. The number of carbonyl (C=O) groups is 1. The molecule has 2 nitrogen and oxygen atoms in total. The third kappa shape index (κ3) is 3.20. The minimum Gasteiger partial charge on any atom is -0.456 e. The van der Waals surface area contributed by atoms with Gasteiger partial charge in [-0.25, -0.2) is 0 Å². The molecule has 0 bridgehead atoms. The fourth-order valence-corrected chi connectivity index (χ4v) is 2.07. The lowest BCUT2D eigenvalue weighted by molar-refractivity contribution is 0.112. The molecule has 2 aromatic carbocycles. The monoisotopic (exact) mass is 358 g/mol. The van der Waals surface area contributed by atoms with Crippen molar-refractivity contribution in [3.8, 4) is 11.5 Å². The third-order valence-corrected chi connectivity index (χ3v) is 3.08. The third-order valence-electron chi connectivity index (χ3n) is 2.12. The zero-order valence-corrected chi connectivity index (χ0v) is 11.6. The van der Waals surface area contributed by atoms with E-state index in [0.29, 0.717) is 16.3 Å². The maximum Gasteiger partial charge on any atom is 0.150 e. The Balaban J connectivity index is 2.27. The molecule has 0 heterocycles. The molecule has 4 heteroatoms. The van der Waals surface area contributed by atoms with Crippen molar-refractivity contribution in [2.75, 3.05) is 0 Å². The number of benzene rings is 2. The van der Waals surface area contributed by atoms with Gasteiger partial charge in [-0.2, -0.15) is 0 Å². The molecule has 0 amide bonds. The lowest BCUT2D eigenvalue weighted by atomic mass is 10.2. The summed E-state index contributed by atoms with van der Waals surface area (Å²) in [6.45, 7) is 0. The van der Waals surface area contributed by atoms with Crippen LogP contribution in [0.4, 0.5) is 0 Å². The van der Waals surface area contributed by atoms with Gasteiger partial charge in [0, 0.05) is 9.13 Å². The number of ether oxygens (including phenoxy) is 1. The highest BCUT2D eigenvalue weighted by atomic mass is 127. The molecule has 0 aliphatic rings. The zero-order valence-electron chi connectivity index (χ0n) is 8.69. The van der Waals surface area contributed by atoms with Crippen molar-refractivity contribution in [3.05, 3.63) is 56.6 Å². The van der Waals surface area contributed by atoms with Crippen molar-refractivity contribution in [1.29, 1.82) is 0 Å². The molecule has 0 N–H and O–H groups in total. The Morgan fingerprint density at radius 1 is 1.18 bits per heavy atom. The molecule has 0 fully saturated rings. The highest BCUT2D eigenvalue weighted by Gasteiger charge is 2.04. The molecule has 0 unspecified atom stereocenters. The smallest absolute Gasteiger partial charge is 0.150 e. The molecule has 17 heavy (non-hydrogen) atoms. The van der Waals surface area contributed by atoms with E-state index in [4.69, 9.17) is 16.3 Å². The summed E-state index contributed by atoms with van der Waals surface area (Å²) >= 11 is 8.22. The maximum atomic E-state index is 10.6. The van der Waals surface area contributed by atoms with Crippen molar-refractivity contribution < 1.29 is 9.53 Å². The summed E-state index contributed by atoms with van der Waals surface area (Å²) in [5, 5.41) is 0.425. The first-order valence-electron chi connectivity index (χ1n) is 4.87. The topological polar surface area (TPSA) is 26.3 Å². The lowest BCUT2D eigenvalue weighted by Crippen LogP contribution is -1.87. The average molecular weight is 359 g/mol. The fourth-order valence-electron chi connectivity index (χ4n) is 1.33. The van der Waals surface area contributed by atoms with E-state index in [1.165, 1.54) is 0 Å². The van der Waals surface area contributed by atoms with Crippen LogP contribution < -0.4 is 4.74 Å². The highest BCUT2D eigenvalue weighted by Crippen LogP contribution is 2.30. The van der Waals surface area contributed by atoms with E-state index in [2.05, 4.69) is 22.6 Å². The second-order valence-corrected chi connectivity index (χ2v) is 5.02. The minimum absolute atomic E-state index is 0.425. The minimum atomic E-state index is 0.425. The van der Waals surface area contributed by atoms with Crippen LogP contribution in [0.1, 0.15) is 10.4 Å². The predicted molar refractivity (Wildman–Crippen MR) is 76.1 cm³/mol. The second-order valence-electron chi connectivity index (χ2n) is 3.37. The van der Waals surface area contributed by atoms with Crippen molar-refractivity contribution in [1.82, 2.24) is 0 Å². The van der Waals surface area contributed by atoms with Crippen molar-refractivity contribution in [2.45, 2.75) is 0 Å². The molecular weight excluding hydrogens is 350 g/mol. The molecule has 86 valence electrons. The Hall–Kier alpha value is -1.07.